The molecule has 2 aromatic heterocycles. The minimum absolute atomic E-state index is 0.192. The Morgan fingerprint density at radius 2 is 0.647 bits per heavy atom. The summed E-state index contributed by atoms with van der Waals surface area (Å²) < 4.78 is 2.20. The number of rotatable bonds is 2. The lowest BCUT2D eigenvalue weighted by Gasteiger charge is -2.03. The Labute approximate surface area is 191 Å². The van der Waals surface area contributed by atoms with E-state index in [0.29, 0.717) is 22.1 Å². The SMILES string of the molecule is O=c1c2cccc3c(=O)n(-c4ccccc4)c(=O)c4cccc(c(=O)n1-c1ccccc1)c4c23. The third kappa shape index (κ3) is 2.69. The molecule has 0 saturated heterocycles. The predicted molar refractivity (Wildman–Crippen MR) is 134 cm³/mol. The number of benzene rings is 4. The molecular weight excluding hydrogens is 428 g/mol. The summed E-state index contributed by atoms with van der Waals surface area (Å²) in [5, 5.41) is 1.38. The van der Waals surface area contributed by atoms with Crippen molar-refractivity contribution >= 4 is 32.3 Å². The van der Waals surface area contributed by atoms with Crippen molar-refractivity contribution in [2.45, 2.75) is 0 Å². The molecule has 0 saturated carbocycles. The first-order valence-corrected chi connectivity index (χ1v) is 10.7. The molecule has 0 aliphatic rings. The van der Waals surface area contributed by atoms with Gasteiger partial charge < -0.3 is 0 Å². The minimum Gasteiger partial charge on any atom is -0.268 e. The molecule has 6 rings (SSSR count). The van der Waals surface area contributed by atoms with Crippen LogP contribution < -0.4 is 22.2 Å². The summed E-state index contributed by atoms with van der Waals surface area (Å²) >= 11 is 0. The van der Waals surface area contributed by atoms with Crippen LogP contribution in [0.5, 0.6) is 0 Å². The van der Waals surface area contributed by atoms with E-state index in [2.05, 4.69) is 0 Å². The Bertz CT molecular complexity index is 1730. The molecule has 6 nitrogen and oxygen atoms in total. The lowest BCUT2D eigenvalue weighted by atomic mass is 10.0. The third-order valence-electron chi connectivity index (χ3n) is 6.14. The number of para-hydroxylation sites is 2. The van der Waals surface area contributed by atoms with Gasteiger partial charge in [0.2, 0.25) is 0 Å². The smallest absolute Gasteiger partial charge is 0.265 e. The normalized spacial score (nSPS) is 11.4. The fourth-order valence-electron chi connectivity index (χ4n) is 4.65. The zero-order chi connectivity index (χ0) is 23.4. The molecule has 0 radical (unpaired) electrons. The molecule has 0 amide bonds. The molecule has 6 heteroatoms. The maximum atomic E-state index is 13.8. The van der Waals surface area contributed by atoms with Crippen LogP contribution in [0.1, 0.15) is 0 Å². The molecule has 6 aromatic rings. The summed E-state index contributed by atoms with van der Waals surface area (Å²) in [4.78, 5) is 55.0. The summed E-state index contributed by atoms with van der Waals surface area (Å²) in [7, 11) is 0. The molecule has 34 heavy (non-hydrogen) atoms. The number of hydrogen-bond acceptors (Lipinski definition) is 4. The summed E-state index contributed by atoms with van der Waals surface area (Å²) in [5.41, 5.74) is -1.39. The zero-order valence-electron chi connectivity index (χ0n) is 17.8. The molecule has 0 aliphatic carbocycles. The van der Waals surface area contributed by atoms with Crippen LogP contribution in [-0.4, -0.2) is 9.13 Å². The van der Waals surface area contributed by atoms with Crippen molar-refractivity contribution in [3.05, 3.63) is 138 Å². The molecule has 0 fully saturated rings. The van der Waals surface area contributed by atoms with Crippen LogP contribution in [0.15, 0.2) is 116 Å². The summed E-state index contributed by atoms with van der Waals surface area (Å²) in [5.74, 6) is 0. The maximum Gasteiger partial charge on any atom is 0.265 e. The van der Waals surface area contributed by atoms with Gasteiger partial charge in [0.1, 0.15) is 0 Å². The van der Waals surface area contributed by atoms with E-state index in [1.54, 1.807) is 97.1 Å². The number of aromatic nitrogens is 2. The minimum atomic E-state index is -0.552. The molecule has 0 unspecified atom stereocenters. The molecule has 0 N–H and O–H groups in total. The largest absolute Gasteiger partial charge is 0.268 e. The lowest BCUT2D eigenvalue weighted by Crippen LogP contribution is -2.30. The van der Waals surface area contributed by atoms with Crippen molar-refractivity contribution in [1.82, 2.24) is 9.13 Å². The Morgan fingerprint density at radius 1 is 0.353 bits per heavy atom. The van der Waals surface area contributed by atoms with Crippen LogP contribution >= 0.6 is 0 Å². The highest BCUT2D eigenvalue weighted by Gasteiger charge is 2.20. The lowest BCUT2D eigenvalue weighted by molar-refractivity contribution is 0.972. The standard InChI is InChI=1S/C28H16N2O4/c31-25-19-13-7-15-21-23(19)24-20(26(32)29(25)17-9-3-1-4-10-17)14-8-16-22(24)28(34)30(27(21)33)18-11-5-2-6-12-18/h1-16H. The van der Waals surface area contributed by atoms with E-state index in [4.69, 9.17) is 0 Å². The van der Waals surface area contributed by atoms with Crippen molar-refractivity contribution in [3.8, 4) is 11.4 Å². The molecule has 2 heterocycles. The van der Waals surface area contributed by atoms with Gasteiger partial charge in [-0.3, -0.25) is 19.2 Å². The molecule has 162 valence electrons. The molecule has 0 atom stereocenters. The fraction of sp³-hybridized carbons (Fsp3) is 0. The fourth-order valence-corrected chi connectivity index (χ4v) is 4.65. The second-order valence-electron chi connectivity index (χ2n) is 8.02. The van der Waals surface area contributed by atoms with E-state index in [1.807, 2.05) is 0 Å². The summed E-state index contributed by atoms with van der Waals surface area (Å²) in [6.07, 6.45) is 0. The van der Waals surface area contributed by atoms with Crippen molar-refractivity contribution in [2.24, 2.45) is 0 Å². The topological polar surface area (TPSA) is 78.1 Å². The third-order valence-corrected chi connectivity index (χ3v) is 6.14. The van der Waals surface area contributed by atoms with E-state index < -0.39 is 22.2 Å². The number of hydrogen-bond donors (Lipinski definition) is 0. The van der Waals surface area contributed by atoms with Crippen molar-refractivity contribution in [2.75, 3.05) is 0 Å². The maximum absolute atomic E-state index is 13.8. The van der Waals surface area contributed by atoms with Gasteiger partial charge in [-0.15, -0.1) is 0 Å². The van der Waals surface area contributed by atoms with Crippen LogP contribution in [-0.2, 0) is 0 Å². The van der Waals surface area contributed by atoms with Gasteiger partial charge in [-0.25, -0.2) is 9.13 Å². The van der Waals surface area contributed by atoms with Crippen molar-refractivity contribution in [3.63, 3.8) is 0 Å². The van der Waals surface area contributed by atoms with Crippen LogP contribution in [0.2, 0.25) is 0 Å². The highest BCUT2D eigenvalue weighted by Crippen LogP contribution is 2.27. The Morgan fingerprint density at radius 3 is 0.941 bits per heavy atom. The van der Waals surface area contributed by atoms with E-state index in [0.717, 1.165) is 9.13 Å². The highest BCUT2D eigenvalue weighted by atomic mass is 16.2. The molecule has 0 spiro atoms. The van der Waals surface area contributed by atoms with E-state index in [1.165, 1.54) is 0 Å². The summed E-state index contributed by atoms with van der Waals surface area (Å²) in [6, 6.07) is 26.8. The van der Waals surface area contributed by atoms with Crippen LogP contribution in [0, 0.1) is 0 Å². The van der Waals surface area contributed by atoms with Gasteiger partial charge in [0.25, 0.3) is 22.2 Å². The average molecular weight is 444 g/mol. The van der Waals surface area contributed by atoms with Gasteiger partial charge >= 0.3 is 0 Å². The highest BCUT2D eigenvalue weighted by molar-refractivity contribution is 6.20. The van der Waals surface area contributed by atoms with E-state index in [-0.39, 0.29) is 21.5 Å². The van der Waals surface area contributed by atoms with Gasteiger partial charge in [-0.05, 0) is 48.5 Å². The van der Waals surface area contributed by atoms with Crippen molar-refractivity contribution < 1.29 is 0 Å². The molecular formula is C28H16N2O4. The van der Waals surface area contributed by atoms with E-state index in [9.17, 15) is 19.2 Å². The van der Waals surface area contributed by atoms with Gasteiger partial charge in [0.15, 0.2) is 0 Å². The Hall–Kier alpha value is -4.84. The average Bonchev–Trinajstić information content (AvgIpc) is 3.04. The quantitative estimate of drug-likeness (QED) is 0.409. The second kappa shape index (κ2) is 7.35. The van der Waals surface area contributed by atoms with Crippen LogP contribution in [0.3, 0.4) is 0 Å². The summed E-state index contributed by atoms with van der Waals surface area (Å²) in [6.45, 7) is 0. The second-order valence-corrected chi connectivity index (χ2v) is 8.02. The van der Waals surface area contributed by atoms with Crippen molar-refractivity contribution in [1.29, 1.82) is 0 Å². The molecule has 0 aliphatic heterocycles. The first-order chi connectivity index (χ1) is 16.6. The van der Waals surface area contributed by atoms with Crippen LogP contribution in [0.25, 0.3) is 43.7 Å². The van der Waals surface area contributed by atoms with E-state index >= 15 is 0 Å². The van der Waals surface area contributed by atoms with Crippen LogP contribution in [0.4, 0.5) is 0 Å². The molecule has 4 aromatic carbocycles. The zero-order valence-corrected chi connectivity index (χ0v) is 17.8. The van der Waals surface area contributed by atoms with Gasteiger partial charge in [-0.1, -0.05) is 48.5 Å². The number of nitrogens with zero attached hydrogens (tertiary/aromatic N) is 2. The monoisotopic (exact) mass is 444 g/mol. The van der Waals surface area contributed by atoms with Gasteiger partial charge in [0.05, 0.1) is 11.4 Å². The Balaban J connectivity index is 2.01. The predicted octanol–water partition coefficient (Wildman–Crippen LogP) is 3.61. The van der Waals surface area contributed by atoms with Gasteiger partial charge in [-0.2, -0.15) is 0 Å². The first-order valence-electron chi connectivity index (χ1n) is 10.7. The first kappa shape index (κ1) is 19.8. The Kier molecular flexibility index (Phi) is 4.28. The van der Waals surface area contributed by atoms with Gasteiger partial charge in [0, 0.05) is 32.3 Å². The molecule has 0 bridgehead atoms.